The van der Waals surface area contributed by atoms with Crippen molar-refractivity contribution in [3.8, 4) is 11.5 Å². The first kappa shape index (κ1) is 13.9. The van der Waals surface area contributed by atoms with Gasteiger partial charge in [-0.15, -0.1) is 17.0 Å². The molecule has 0 saturated heterocycles. The second kappa shape index (κ2) is 5.00. The van der Waals surface area contributed by atoms with Gasteiger partial charge in [-0.25, -0.2) is 0 Å². The molecular weight excluding hydrogens is 317 g/mol. The van der Waals surface area contributed by atoms with E-state index in [0.717, 1.165) is 24.1 Å². The number of phenols is 2. The normalized spacial score (nSPS) is 15.4. The van der Waals surface area contributed by atoms with Crippen LogP contribution in [0.3, 0.4) is 0 Å². The SMILES string of the molecule is Br.CN1CCc2c(Cl)c(O)c(O)c(Cl)c2C1. The third-order valence-electron chi connectivity index (χ3n) is 2.71. The van der Waals surface area contributed by atoms with Crippen molar-refractivity contribution < 1.29 is 10.2 Å². The van der Waals surface area contributed by atoms with E-state index in [2.05, 4.69) is 4.90 Å². The summed E-state index contributed by atoms with van der Waals surface area (Å²) in [5, 5.41) is 19.5. The van der Waals surface area contributed by atoms with Gasteiger partial charge in [-0.3, -0.25) is 0 Å². The van der Waals surface area contributed by atoms with E-state index in [1.807, 2.05) is 7.05 Å². The van der Waals surface area contributed by atoms with Gasteiger partial charge in [-0.05, 0) is 24.6 Å². The Labute approximate surface area is 114 Å². The number of phenolic OH excluding ortho intramolecular Hbond substituents is 2. The molecule has 1 aliphatic heterocycles. The summed E-state index contributed by atoms with van der Waals surface area (Å²) in [5.74, 6) is -0.638. The molecule has 0 atom stereocenters. The standard InChI is InChI=1S/C10H11Cl2NO2.BrH/c1-13-3-2-5-6(4-13)8(12)10(15)9(14)7(5)11;/h14-15H,2-4H2,1H3;1H. The van der Waals surface area contributed by atoms with Crippen LogP contribution < -0.4 is 0 Å². The van der Waals surface area contributed by atoms with Gasteiger partial charge in [0.15, 0.2) is 11.5 Å². The van der Waals surface area contributed by atoms with E-state index in [1.54, 1.807) is 0 Å². The number of halogens is 3. The van der Waals surface area contributed by atoms with Gasteiger partial charge in [0, 0.05) is 13.1 Å². The second-order valence-electron chi connectivity index (χ2n) is 3.77. The predicted octanol–water partition coefficient (Wildman–Crippen LogP) is 2.97. The Balaban J connectivity index is 0.00000128. The molecule has 0 spiro atoms. The van der Waals surface area contributed by atoms with Gasteiger partial charge in [0.05, 0.1) is 10.0 Å². The van der Waals surface area contributed by atoms with Gasteiger partial charge in [-0.1, -0.05) is 23.2 Å². The molecule has 0 bridgehead atoms. The highest BCUT2D eigenvalue weighted by Crippen LogP contribution is 2.45. The molecule has 0 amide bonds. The first-order valence-corrected chi connectivity index (χ1v) is 5.37. The minimum atomic E-state index is -0.323. The lowest BCUT2D eigenvalue weighted by Gasteiger charge is -2.27. The predicted molar refractivity (Wildman–Crippen MR) is 70.2 cm³/mol. The molecule has 1 aliphatic rings. The van der Waals surface area contributed by atoms with E-state index in [0.29, 0.717) is 6.54 Å². The van der Waals surface area contributed by atoms with Crippen molar-refractivity contribution in [2.45, 2.75) is 13.0 Å². The molecule has 1 aromatic carbocycles. The summed E-state index contributed by atoms with van der Waals surface area (Å²) in [6, 6.07) is 0. The van der Waals surface area contributed by atoms with Gasteiger partial charge < -0.3 is 15.1 Å². The molecule has 6 heteroatoms. The van der Waals surface area contributed by atoms with E-state index in [-0.39, 0.29) is 38.5 Å². The highest BCUT2D eigenvalue weighted by molar-refractivity contribution is 8.93. The lowest BCUT2D eigenvalue weighted by molar-refractivity contribution is 0.310. The fraction of sp³-hybridized carbons (Fsp3) is 0.400. The molecule has 1 heterocycles. The molecule has 0 saturated carbocycles. The quantitative estimate of drug-likeness (QED) is 0.720. The van der Waals surface area contributed by atoms with Crippen LogP contribution >= 0.6 is 40.2 Å². The van der Waals surface area contributed by atoms with Gasteiger partial charge >= 0.3 is 0 Å². The lowest BCUT2D eigenvalue weighted by Crippen LogP contribution is -2.27. The number of likely N-dealkylation sites (N-methyl/N-ethyl adjacent to an activating group) is 1. The molecule has 3 nitrogen and oxygen atoms in total. The number of aromatic hydroxyl groups is 2. The molecule has 0 unspecified atom stereocenters. The van der Waals surface area contributed by atoms with E-state index < -0.39 is 0 Å². The van der Waals surface area contributed by atoms with Crippen LogP contribution in [0.2, 0.25) is 10.0 Å². The average Bonchev–Trinajstić information content (AvgIpc) is 2.23. The van der Waals surface area contributed by atoms with Crippen molar-refractivity contribution in [1.29, 1.82) is 0 Å². The first-order valence-electron chi connectivity index (χ1n) is 4.61. The molecular formula is C10H12BrCl2NO2. The highest BCUT2D eigenvalue weighted by atomic mass is 79.9. The third kappa shape index (κ3) is 2.12. The Bertz CT molecular complexity index is 426. The van der Waals surface area contributed by atoms with Crippen molar-refractivity contribution in [3.63, 3.8) is 0 Å². The van der Waals surface area contributed by atoms with Crippen molar-refractivity contribution in [2.75, 3.05) is 13.6 Å². The van der Waals surface area contributed by atoms with E-state index in [1.165, 1.54) is 0 Å². The smallest absolute Gasteiger partial charge is 0.178 e. The maximum Gasteiger partial charge on any atom is 0.178 e. The van der Waals surface area contributed by atoms with Crippen LogP contribution in [0.5, 0.6) is 11.5 Å². The van der Waals surface area contributed by atoms with Crippen LogP contribution in [-0.2, 0) is 13.0 Å². The Kier molecular flexibility index (Phi) is 4.35. The number of fused-ring (bicyclic) bond motifs is 1. The Morgan fingerprint density at radius 1 is 1.06 bits per heavy atom. The van der Waals surface area contributed by atoms with E-state index in [9.17, 15) is 10.2 Å². The van der Waals surface area contributed by atoms with Gasteiger partial charge in [0.1, 0.15) is 0 Å². The molecule has 2 N–H and O–H groups in total. The van der Waals surface area contributed by atoms with Gasteiger partial charge in [0.25, 0.3) is 0 Å². The minimum Gasteiger partial charge on any atom is -0.503 e. The highest BCUT2D eigenvalue weighted by Gasteiger charge is 2.25. The number of benzene rings is 1. The summed E-state index contributed by atoms with van der Waals surface area (Å²) < 4.78 is 0. The number of nitrogens with zero attached hydrogens (tertiary/aromatic N) is 1. The number of hydrogen-bond acceptors (Lipinski definition) is 3. The van der Waals surface area contributed by atoms with Crippen molar-refractivity contribution >= 4 is 40.2 Å². The molecule has 0 aliphatic carbocycles. The van der Waals surface area contributed by atoms with Gasteiger partial charge in [-0.2, -0.15) is 0 Å². The summed E-state index contributed by atoms with van der Waals surface area (Å²) in [6.45, 7) is 1.51. The number of rotatable bonds is 0. The van der Waals surface area contributed by atoms with Crippen LogP contribution in [-0.4, -0.2) is 28.7 Å². The first-order chi connectivity index (χ1) is 7.02. The topological polar surface area (TPSA) is 43.7 Å². The van der Waals surface area contributed by atoms with Crippen molar-refractivity contribution in [2.24, 2.45) is 0 Å². The van der Waals surface area contributed by atoms with E-state index in [4.69, 9.17) is 23.2 Å². The minimum absolute atomic E-state index is 0. The molecule has 90 valence electrons. The largest absolute Gasteiger partial charge is 0.503 e. The molecule has 16 heavy (non-hydrogen) atoms. The molecule has 0 radical (unpaired) electrons. The molecule has 0 fully saturated rings. The monoisotopic (exact) mass is 327 g/mol. The summed E-state index contributed by atoms with van der Waals surface area (Å²) in [7, 11) is 1.97. The zero-order valence-corrected chi connectivity index (χ0v) is 11.9. The van der Waals surface area contributed by atoms with Gasteiger partial charge in [0.2, 0.25) is 0 Å². The average molecular weight is 329 g/mol. The second-order valence-corrected chi connectivity index (χ2v) is 4.53. The summed E-state index contributed by atoms with van der Waals surface area (Å²) >= 11 is 11.9. The Morgan fingerprint density at radius 2 is 1.56 bits per heavy atom. The maximum absolute atomic E-state index is 9.54. The van der Waals surface area contributed by atoms with Crippen LogP contribution in [0, 0.1) is 0 Å². The fourth-order valence-electron chi connectivity index (χ4n) is 1.84. The van der Waals surface area contributed by atoms with Crippen LogP contribution in [0.4, 0.5) is 0 Å². The van der Waals surface area contributed by atoms with Crippen molar-refractivity contribution in [3.05, 3.63) is 21.2 Å². The zero-order valence-electron chi connectivity index (χ0n) is 8.63. The van der Waals surface area contributed by atoms with Crippen LogP contribution in [0.25, 0.3) is 0 Å². The lowest BCUT2D eigenvalue weighted by atomic mass is 9.99. The van der Waals surface area contributed by atoms with Crippen molar-refractivity contribution in [1.82, 2.24) is 4.90 Å². The van der Waals surface area contributed by atoms with Crippen LogP contribution in [0.15, 0.2) is 0 Å². The Hall–Kier alpha value is -0.160. The molecule has 1 aromatic rings. The molecule has 2 rings (SSSR count). The third-order valence-corrected chi connectivity index (χ3v) is 3.52. The summed E-state index contributed by atoms with van der Waals surface area (Å²) in [5.41, 5.74) is 1.65. The van der Waals surface area contributed by atoms with E-state index >= 15 is 0 Å². The Morgan fingerprint density at radius 3 is 2.12 bits per heavy atom. The fourth-order valence-corrected chi connectivity index (χ4v) is 2.40. The zero-order chi connectivity index (χ0) is 11.2. The summed E-state index contributed by atoms with van der Waals surface area (Å²) in [6.07, 6.45) is 0.734. The maximum atomic E-state index is 9.54. The molecule has 0 aromatic heterocycles. The van der Waals surface area contributed by atoms with Crippen LogP contribution in [0.1, 0.15) is 11.1 Å². The summed E-state index contributed by atoms with van der Waals surface area (Å²) in [4.78, 5) is 2.08. The number of hydrogen-bond donors (Lipinski definition) is 2.